The van der Waals surface area contributed by atoms with Crippen LogP contribution in [-0.4, -0.2) is 38.7 Å². The van der Waals surface area contributed by atoms with Gasteiger partial charge in [-0.3, -0.25) is 9.89 Å². The molecule has 28 heavy (non-hydrogen) atoms. The number of phenols is 1. The summed E-state index contributed by atoms with van der Waals surface area (Å²) in [5.74, 6) is 0.415. The second-order valence-electron chi connectivity index (χ2n) is 7.78. The summed E-state index contributed by atoms with van der Waals surface area (Å²) >= 11 is 0. The molecule has 0 spiro atoms. The molecule has 2 aromatic rings. The Bertz CT molecular complexity index is 892. The third-order valence-corrected chi connectivity index (χ3v) is 5.96. The molecule has 1 aromatic heterocycles. The Labute approximate surface area is 164 Å². The number of carbonyl (C=O) groups is 1. The molecule has 1 fully saturated rings. The lowest BCUT2D eigenvalue weighted by Crippen LogP contribution is -2.42. The molecule has 1 saturated carbocycles. The first kappa shape index (κ1) is 18.5. The number of amides is 1. The van der Waals surface area contributed by atoms with Gasteiger partial charge in [-0.15, -0.1) is 0 Å². The second kappa shape index (κ2) is 8.03. The largest absolute Gasteiger partial charge is 0.507 e. The first-order chi connectivity index (χ1) is 13.6. The lowest BCUT2D eigenvalue weighted by molar-refractivity contribution is -0.137. The van der Waals surface area contributed by atoms with Crippen LogP contribution in [0.15, 0.2) is 24.4 Å². The minimum Gasteiger partial charge on any atom is -0.507 e. The Morgan fingerprint density at radius 3 is 2.96 bits per heavy atom. The van der Waals surface area contributed by atoms with Crippen LogP contribution in [0.5, 0.6) is 5.75 Å². The van der Waals surface area contributed by atoms with Crippen molar-refractivity contribution in [2.24, 2.45) is 5.92 Å². The summed E-state index contributed by atoms with van der Waals surface area (Å²) in [5.41, 5.74) is 3.58. The van der Waals surface area contributed by atoms with Crippen molar-refractivity contribution in [2.75, 3.05) is 6.54 Å². The van der Waals surface area contributed by atoms with Crippen LogP contribution < -0.4 is 5.32 Å². The quantitative estimate of drug-likeness (QED) is 0.755. The molecule has 3 N–H and O–H groups in total. The summed E-state index contributed by atoms with van der Waals surface area (Å²) in [4.78, 5) is 14.9. The number of aromatic amines is 1. The zero-order chi connectivity index (χ0) is 19.5. The van der Waals surface area contributed by atoms with Gasteiger partial charge in [0.25, 0.3) is 0 Å². The molecule has 2 aliphatic rings. The fourth-order valence-electron chi connectivity index (χ4n) is 4.26. The van der Waals surface area contributed by atoms with Crippen molar-refractivity contribution >= 4 is 5.91 Å². The van der Waals surface area contributed by atoms with Crippen LogP contribution in [0.1, 0.15) is 48.1 Å². The lowest BCUT2D eigenvalue weighted by atomic mass is 9.84. The van der Waals surface area contributed by atoms with E-state index in [2.05, 4.69) is 15.5 Å². The van der Waals surface area contributed by atoms with Gasteiger partial charge in [0.2, 0.25) is 5.91 Å². The smallest absolute Gasteiger partial charge is 0.225 e. The van der Waals surface area contributed by atoms with E-state index >= 15 is 0 Å². The molecular formula is C21H25N5O2. The zero-order valence-electron chi connectivity index (χ0n) is 15.8. The average Bonchev–Trinajstić information content (AvgIpc) is 3.21. The summed E-state index contributed by atoms with van der Waals surface area (Å²) in [6.45, 7) is 2.10. The lowest BCUT2D eigenvalue weighted by Gasteiger charge is -2.34. The van der Waals surface area contributed by atoms with Crippen LogP contribution >= 0.6 is 0 Å². The van der Waals surface area contributed by atoms with Crippen LogP contribution in [0, 0.1) is 17.2 Å². The molecule has 0 atom stereocenters. The predicted molar refractivity (Wildman–Crippen MR) is 103 cm³/mol. The Morgan fingerprint density at radius 1 is 1.36 bits per heavy atom. The number of fused-ring (bicyclic) bond motifs is 1. The molecule has 1 aliphatic carbocycles. The van der Waals surface area contributed by atoms with E-state index in [0.717, 1.165) is 55.5 Å². The summed E-state index contributed by atoms with van der Waals surface area (Å²) < 4.78 is 0. The van der Waals surface area contributed by atoms with Gasteiger partial charge in [0.05, 0.1) is 11.8 Å². The maximum Gasteiger partial charge on any atom is 0.225 e. The van der Waals surface area contributed by atoms with E-state index in [1.54, 1.807) is 12.1 Å². The molecule has 0 bridgehead atoms. The van der Waals surface area contributed by atoms with Gasteiger partial charge in [-0.2, -0.15) is 10.4 Å². The minimum absolute atomic E-state index is 0.0190. The number of carbonyl (C=O) groups excluding carboxylic acids is 1. The van der Waals surface area contributed by atoms with Crippen LogP contribution in [-0.2, 0) is 24.3 Å². The number of nitrogens with zero attached hydrogens (tertiary/aromatic N) is 3. The number of aromatic hydroxyl groups is 1. The number of rotatable bonds is 4. The summed E-state index contributed by atoms with van der Waals surface area (Å²) in [7, 11) is 0. The van der Waals surface area contributed by atoms with Crippen molar-refractivity contribution in [3.05, 3.63) is 46.8 Å². The minimum atomic E-state index is 0.0190. The standard InChI is InChI=1S/C21H25N5O2/c22-10-16-9-14(1-6-20(16)27)11-23-18-4-2-15(3-5-18)21(28)26-8-7-19-17(13-26)12-24-25-19/h1,6,9,12,15,18,23,27H,2-5,7-8,11,13H2,(H,24,25). The van der Waals surface area contributed by atoms with Crippen molar-refractivity contribution in [3.63, 3.8) is 0 Å². The molecule has 0 saturated heterocycles. The monoisotopic (exact) mass is 379 g/mol. The van der Waals surface area contributed by atoms with Gasteiger partial charge in [-0.1, -0.05) is 6.07 Å². The van der Waals surface area contributed by atoms with Crippen molar-refractivity contribution in [1.29, 1.82) is 5.26 Å². The average molecular weight is 379 g/mol. The van der Waals surface area contributed by atoms with Crippen molar-refractivity contribution in [1.82, 2.24) is 20.4 Å². The van der Waals surface area contributed by atoms with Crippen molar-refractivity contribution in [3.8, 4) is 11.8 Å². The Kier molecular flexibility index (Phi) is 5.31. The molecule has 1 aliphatic heterocycles. The predicted octanol–water partition coefficient (Wildman–Crippen LogP) is 2.22. The highest BCUT2D eigenvalue weighted by Gasteiger charge is 2.31. The first-order valence-corrected chi connectivity index (χ1v) is 9.89. The number of H-pyrrole nitrogens is 1. The highest BCUT2D eigenvalue weighted by atomic mass is 16.3. The number of hydrogen-bond acceptors (Lipinski definition) is 5. The van der Waals surface area contributed by atoms with Crippen molar-refractivity contribution in [2.45, 2.75) is 51.2 Å². The number of aromatic nitrogens is 2. The van der Waals surface area contributed by atoms with Crippen molar-refractivity contribution < 1.29 is 9.90 Å². The third kappa shape index (κ3) is 3.87. The number of benzene rings is 1. The Hall–Kier alpha value is -2.85. The fourth-order valence-corrected chi connectivity index (χ4v) is 4.26. The van der Waals surface area contributed by atoms with Gasteiger partial charge in [-0.05, 0) is 43.4 Å². The maximum atomic E-state index is 12.9. The second-order valence-corrected chi connectivity index (χ2v) is 7.78. The fraction of sp³-hybridized carbons (Fsp3) is 0.476. The molecule has 2 heterocycles. The number of hydrogen-bond donors (Lipinski definition) is 3. The van der Waals surface area contributed by atoms with E-state index in [0.29, 0.717) is 24.7 Å². The molecule has 0 radical (unpaired) electrons. The third-order valence-electron chi connectivity index (χ3n) is 5.96. The van der Waals surface area contributed by atoms with Gasteiger partial charge in [0, 0.05) is 49.3 Å². The highest BCUT2D eigenvalue weighted by molar-refractivity contribution is 5.79. The summed E-state index contributed by atoms with van der Waals surface area (Å²) in [6.07, 6.45) is 6.45. The summed E-state index contributed by atoms with van der Waals surface area (Å²) in [6, 6.07) is 7.50. The molecule has 7 nitrogen and oxygen atoms in total. The van der Waals surface area contributed by atoms with Crippen LogP contribution in [0.25, 0.3) is 0 Å². The molecule has 146 valence electrons. The van der Waals surface area contributed by atoms with Gasteiger partial charge in [-0.25, -0.2) is 0 Å². The molecule has 7 heteroatoms. The normalized spacial score (nSPS) is 21.8. The van der Waals surface area contributed by atoms with E-state index < -0.39 is 0 Å². The number of nitriles is 1. The van der Waals surface area contributed by atoms with Crippen LogP contribution in [0.3, 0.4) is 0 Å². The first-order valence-electron chi connectivity index (χ1n) is 9.89. The van der Waals surface area contributed by atoms with Gasteiger partial charge < -0.3 is 15.3 Å². The Morgan fingerprint density at radius 2 is 2.18 bits per heavy atom. The molecular weight excluding hydrogens is 354 g/mol. The van der Waals surface area contributed by atoms with Gasteiger partial charge in [0.15, 0.2) is 0 Å². The zero-order valence-corrected chi connectivity index (χ0v) is 15.8. The van der Waals surface area contributed by atoms with E-state index in [9.17, 15) is 9.90 Å². The van der Waals surface area contributed by atoms with Crippen LogP contribution in [0.2, 0.25) is 0 Å². The van der Waals surface area contributed by atoms with Gasteiger partial charge >= 0.3 is 0 Å². The number of phenolic OH excluding ortho intramolecular Hbond substituents is 1. The molecule has 4 rings (SSSR count). The number of nitrogens with one attached hydrogen (secondary N) is 2. The molecule has 1 aromatic carbocycles. The van der Waals surface area contributed by atoms with E-state index in [1.807, 2.05) is 23.2 Å². The molecule has 0 unspecified atom stereocenters. The van der Waals surface area contributed by atoms with Crippen LogP contribution in [0.4, 0.5) is 0 Å². The van der Waals surface area contributed by atoms with E-state index in [-0.39, 0.29) is 17.6 Å². The Balaban J connectivity index is 1.26. The highest BCUT2D eigenvalue weighted by Crippen LogP contribution is 2.28. The molecule has 1 amide bonds. The SMILES string of the molecule is N#Cc1cc(CNC2CCC(C(=O)N3CCc4[nH]ncc4C3)CC2)ccc1O. The maximum absolute atomic E-state index is 12.9. The topological polar surface area (TPSA) is 105 Å². The summed E-state index contributed by atoms with van der Waals surface area (Å²) in [5, 5.41) is 29.2. The van der Waals surface area contributed by atoms with E-state index in [4.69, 9.17) is 5.26 Å². The van der Waals surface area contributed by atoms with E-state index in [1.165, 1.54) is 0 Å². The van der Waals surface area contributed by atoms with Gasteiger partial charge in [0.1, 0.15) is 11.8 Å².